The molecule has 5 rings (SSSR count). The predicted molar refractivity (Wildman–Crippen MR) is 126 cm³/mol. The number of nitrogens with zero attached hydrogens (tertiary/aromatic N) is 13. The van der Waals surface area contributed by atoms with Gasteiger partial charge in [0, 0.05) is 11.1 Å². The molecule has 13 nitrogen and oxygen atoms in total. The lowest BCUT2D eigenvalue weighted by molar-refractivity contribution is 1.06. The van der Waals surface area contributed by atoms with Crippen molar-refractivity contribution in [3.05, 3.63) is 84.9 Å². The highest BCUT2D eigenvalue weighted by molar-refractivity contribution is 6.28. The van der Waals surface area contributed by atoms with Crippen LogP contribution in [0.1, 0.15) is 11.1 Å². The molecule has 0 bridgehead atoms. The molecule has 0 radical (unpaired) electrons. The number of benzene rings is 2. The third kappa shape index (κ3) is 3.89. The predicted octanol–water partition coefficient (Wildman–Crippen LogP) is 0.625. The quantitative estimate of drug-likeness (QED) is 0.429. The van der Waals surface area contributed by atoms with Gasteiger partial charge in [0.05, 0.1) is 21.8 Å². The van der Waals surface area contributed by atoms with Crippen molar-refractivity contribution in [3.8, 4) is 59.2 Å². The minimum Gasteiger partial charge on any atom is -0.225 e. The lowest BCUT2D eigenvalue weighted by atomic mass is 10.1. The lowest BCUT2D eigenvalue weighted by Gasteiger charge is -2.07. The molecular weight excluding hydrogens is 518 g/mol. The van der Waals surface area contributed by atoms with Gasteiger partial charge in [-0.1, -0.05) is 0 Å². The first-order chi connectivity index (χ1) is 19.0. The first-order valence-corrected chi connectivity index (χ1v) is 10.9. The van der Waals surface area contributed by atoms with Gasteiger partial charge in [0.1, 0.15) is 47.1 Å². The van der Waals surface area contributed by atoms with Gasteiger partial charge >= 0.3 is 0 Å². The summed E-state index contributed by atoms with van der Waals surface area (Å²) in [6.45, 7) is 0. The summed E-state index contributed by atoms with van der Waals surface area (Å²) >= 11 is 6.21. The van der Waals surface area contributed by atoms with E-state index in [0.717, 1.165) is 0 Å². The smallest absolute Gasteiger partial charge is 0.225 e. The second-order valence-electron chi connectivity index (χ2n) is 7.48. The number of nitriles is 6. The molecule has 0 atom stereocenters. The largest absolute Gasteiger partial charge is 0.226 e. The van der Waals surface area contributed by atoms with Crippen LogP contribution in [-0.2, 0) is 0 Å². The highest BCUT2D eigenvalue weighted by atomic mass is 35.5. The average Bonchev–Trinajstić information content (AvgIpc) is 3.57. The molecule has 176 valence electrons. The Morgan fingerprint density at radius 3 is 1.33 bits per heavy atom. The zero-order valence-corrected chi connectivity index (χ0v) is 19.8. The van der Waals surface area contributed by atoms with E-state index in [4.69, 9.17) is 32.6 Å². The van der Waals surface area contributed by atoms with Crippen LogP contribution in [0.3, 0.4) is 0 Å². The summed E-state index contributed by atoms with van der Waals surface area (Å²) in [7, 11) is 0. The summed E-state index contributed by atoms with van der Waals surface area (Å²) in [5, 5.41) is 57.0. The first-order valence-electron chi connectivity index (χ1n) is 10.5. The Hall–Kier alpha value is -6.64. The monoisotopic (exact) mass is 521 g/mol. The molecule has 2 aliphatic rings. The lowest BCUT2D eigenvalue weighted by Crippen LogP contribution is -2.26. The Labute approximate surface area is 222 Å². The number of allylic oxidation sites excluding steroid dienone is 2. The highest BCUT2D eigenvalue weighted by Crippen LogP contribution is 2.24. The van der Waals surface area contributed by atoms with Crippen molar-refractivity contribution < 1.29 is 0 Å². The summed E-state index contributed by atoms with van der Waals surface area (Å²) in [5.41, 5.74) is -0.143. The summed E-state index contributed by atoms with van der Waals surface area (Å²) < 4.78 is 0. The van der Waals surface area contributed by atoms with Gasteiger partial charge in [-0.25, -0.2) is 25.0 Å². The standard InChI is InChI=1S/C25H4ClN13/c26-25-38-23(13-1-3-17-19(15(13)9-31)35-21(33-17)11(5-27)6-28)37-24(39-25)14-2-4-18-20(16(14)10-32)36-22(34-18)12(7-29)8-30/h1-4H. The Morgan fingerprint density at radius 2 is 0.974 bits per heavy atom. The van der Waals surface area contributed by atoms with Crippen LogP contribution in [-0.4, -0.2) is 15.0 Å². The van der Waals surface area contributed by atoms with Gasteiger partial charge in [0.15, 0.2) is 34.4 Å². The van der Waals surface area contributed by atoms with Crippen LogP contribution in [0.4, 0.5) is 0 Å². The third-order valence-corrected chi connectivity index (χ3v) is 5.58. The number of halogens is 1. The molecule has 1 aromatic heterocycles. The van der Waals surface area contributed by atoms with Crippen LogP contribution >= 0.6 is 11.6 Å². The molecule has 0 aliphatic carbocycles. The maximum atomic E-state index is 9.92. The van der Waals surface area contributed by atoms with Gasteiger partial charge in [0.2, 0.25) is 5.28 Å². The van der Waals surface area contributed by atoms with Gasteiger partial charge in [-0.05, 0) is 35.9 Å². The minimum absolute atomic E-state index is 0.0133. The molecule has 3 heterocycles. The average molecular weight is 522 g/mol. The Kier molecular flexibility index (Phi) is 5.82. The molecule has 3 aromatic rings. The fourth-order valence-electron chi connectivity index (χ4n) is 3.72. The minimum atomic E-state index is -0.311. The molecule has 0 saturated carbocycles. The molecule has 2 aromatic carbocycles. The normalized spacial score (nSPS) is 11.8. The van der Waals surface area contributed by atoms with Crippen LogP contribution in [0.25, 0.3) is 22.8 Å². The number of rotatable bonds is 2. The zero-order chi connectivity index (χ0) is 27.7. The van der Waals surface area contributed by atoms with Gasteiger partial charge < -0.3 is 0 Å². The molecule has 0 spiro atoms. The van der Waals surface area contributed by atoms with E-state index in [9.17, 15) is 10.5 Å². The van der Waals surface area contributed by atoms with E-state index in [0.29, 0.717) is 0 Å². The summed E-state index contributed by atoms with van der Waals surface area (Å²) in [6.07, 6.45) is 0. The van der Waals surface area contributed by atoms with Crippen molar-refractivity contribution in [3.63, 3.8) is 0 Å². The van der Waals surface area contributed by atoms with Crippen molar-refractivity contribution in [2.45, 2.75) is 0 Å². The maximum absolute atomic E-state index is 9.92. The fourth-order valence-corrected chi connectivity index (χ4v) is 3.88. The molecular formula is C25H4ClN13. The van der Waals surface area contributed by atoms with Gasteiger partial charge in [0.25, 0.3) is 0 Å². The Balaban J connectivity index is 1.73. The van der Waals surface area contributed by atoms with E-state index in [1.165, 1.54) is 24.3 Å². The summed E-state index contributed by atoms with van der Waals surface area (Å²) in [5.74, 6) is -0.261. The van der Waals surface area contributed by atoms with Crippen molar-refractivity contribution in [2.75, 3.05) is 0 Å². The second kappa shape index (κ2) is 9.43. The van der Waals surface area contributed by atoms with Crippen LogP contribution in [0.15, 0.2) is 67.0 Å². The fraction of sp³-hybridized carbons (Fsp3) is 0. The topological polar surface area (TPSA) is 231 Å². The number of fused-ring (bicyclic) bond motifs is 2. The summed E-state index contributed by atoms with van der Waals surface area (Å²) in [6, 6.07) is 17.0. The molecule has 2 aliphatic heterocycles. The maximum Gasteiger partial charge on any atom is 0.226 e. The van der Waals surface area contributed by atoms with E-state index >= 15 is 0 Å². The zero-order valence-electron chi connectivity index (χ0n) is 19.0. The van der Waals surface area contributed by atoms with E-state index in [-0.39, 0.29) is 83.4 Å². The first kappa shape index (κ1) is 24.1. The number of aromatic nitrogens is 3. The molecule has 39 heavy (non-hydrogen) atoms. The van der Waals surface area contributed by atoms with Crippen LogP contribution in [0.2, 0.25) is 5.28 Å². The Morgan fingerprint density at radius 1 is 0.564 bits per heavy atom. The summed E-state index contributed by atoms with van der Waals surface area (Å²) in [4.78, 5) is 29.3. The van der Waals surface area contributed by atoms with Crippen molar-refractivity contribution in [1.29, 1.82) is 31.6 Å². The van der Waals surface area contributed by atoms with E-state index < -0.39 is 0 Å². The van der Waals surface area contributed by atoms with E-state index in [1.54, 1.807) is 24.3 Å². The van der Waals surface area contributed by atoms with Crippen molar-refractivity contribution >= 4 is 11.6 Å². The molecule has 0 saturated heterocycles. The van der Waals surface area contributed by atoms with Gasteiger partial charge in [-0.2, -0.15) is 41.5 Å². The molecule has 14 heteroatoms. The third-order valence-electron chi connectivity index (χ3n) is 5.41. The Bertz CT molecular complexity index is 2070. The van der Waals surface area contributed by atoms with E-state index in [2.05, 4.69) is 34.9 Å². The number of hydrogen-bond donors (Lipinski definition) is 0. The van der Waals surface area contributed by atoms with Gasteiger partial charge in [-0.3, -0.25) is 0 Å². The molecule has 0 amide bonds. The highest BCUT2D eigenvalue weighted by Gasteiger charge is 2.21. The van der Waals surface area contributed by atoms with Crippen LogP contribution in [0.5, 0.6) is 0 Å². The molecule has 0 unspecified atom stereocenters. The van der Waals surface area contributed by atoms with Crippen molar-refractivity contribution in [1.82, 2.24) is 15.0 Å². The molecule has 0 N–H and O–H groups in total. The molecule has 0 fully saturated rings. The van der Waals surface area contributed by atoms with Crippen LogP contribution in [0, 0.1) is 68.0 Å². The number of hydrogen-bond acceptors (Lipinski definition) is 13. The SMILES string of the molecule is N#CC(C#N)=C1N=c2ccc(-c3nc(Cl)nc(-c4ccc5c(c4C#N)=NC(=C(C#N)C#N)N=5)n3)c(C#N)c2=N1. The van der Waals surface area contributed by atoms with Gasteiger partial charge in [-0.15, -0.1) is 0 Å². The van der Waals surface area contributed by atoms with Crippen molar-refractivity contribution in [2.24, 2.45) is 20.0 Å². The van der Waals surface area contributed by atoms with E-state index in [1.807, 2.05) is 12.1 Å². The van der Waals surface area contributed by atoms with Crippen LogP contribution < -0.4 is 21.4 Å². The second-order valence-corrected chi connectivity index (χ2v) is 7.82.